The van der Waals surface area contributed by atoms with E-state index >= 15 is 0 Å². The van der Waals surface area contributed by atoms with E-state index in [1.807, 2.05) is 0 Å². The van der Waals surface area contributed by atoms with Crippen LogP contribution < -0.4 is 5.32 Å². The van der Waals surface area contributed by atoms with Gasteiger partial charge < -0.3 is 20.3 Å². The molecule has 0 aromatic carbocycles. The summed E-state index contributed by atoms with van der Waals surface area (Å²) in [6.07, 6.45) is 85.1. The standard InChI is InChI=1S/C72H139NO5/c1-3-5-7-9-11-13-15-17-18-19-20-21-25-28-31-34-37-41-44-48-52-56-60-64-70(75)69(68-74)73-71(76)65-61-57-53-49-45-42-38-35-32-29-26-23-22-24-27-30-33-36-39-43-47-51-55-59-63-67-78-72(77)66-62-58-54-50-46-40-16-14-12-10-8-6-4-2/h8,10,14,16,69-70,74-75H,3-7,9,11-13,15,17-68H2,1-2H3,(H,73,76)/b10-8-,16-14-. The Morgan fingerprint density at radius 2 is 0.667 bits per heavy atom. The molecule has 6 heteroatoms. The number of unbranched alkanes of at least 4 members (excludes halogenated alkanes) is 52. The molecule has 0 aliphatic rings. The van der Waals surface area contributed by atoms with Crippen molar-refractivity contribution in [1.29, 1.82) is 0 Å². The molecule has 0 aromatic rings. The molecule has 0 spiro atoms. The number of carbonyl (C=O) groups excluding carboxylic acids is 2. The Labute approximate surface area is 488 Å². The van der Waals surface area contributed by atoms with E-state index < -0.39 is 12.1 Å². The third kappa shape index (κ3) is 63.5. The second-order valence-corrected chi connectivity index (χ2v) is 24.6. The van der Waals surface area contributed by atoms with Gasteiger partial charge in [-0.2, -0.15) is 0 Å². The third-order valence-corrected chi connectivity index (χ3v) is 16.7. The van der Waals surface area contributed by atoms with Gasteiger partial charge in [0.2, 0.25) is 5.91 Å². The van der Waals surface area contributed by atoms with E-state index in [4.69, 9.17) is 4.74 Å². The topological polar surface area (TPSA) is 95.9 Å². The van der Waals surface area contributed by atoms with Crippen molar-refractivity contribution in [3.63, 3.8) is 0 Å². The van der Waals surface area contributed by atoms with Crippen molar-refractivity contribution in [2.24, 2.45) is 0 Å². The van der Waals surface area contributed by atoms with Crippen LogP contribution in [0.1, 0.15) is 399 Å². The van der Waals surface area contributed by atoms with Gasteiger partial charge in [-0.15, -0.1) is 0 Å². The first kappa shape index (κ1) is 76.3. The first-order chi connectivity index (χ1) is 38.5. The molecule has 6 nitrogen and oxygen atoms in total. The van der Waals surface area contributed by atoms with Crippen molar-refractivity contribution >= 4 is 11.9 Å². The summed E-state index contributed by atoms with van der Waals surface area (Å²) in [5.41, 5.74) is 0. The van der Waals surface area contributed by atoms with Crippen molar-refractivity contribution in [3.05, 3.63) is 24.3 Å². The summed E-state index contributed by atoms with van der Waals surface area (Å²) in [5.74, 6) is -0.0267. The maximum Gasteiger partial charge on any atom is 0.305 e. The molecule has 0 radical (unpaired) electrons. The molecule has 0 aliphatic heterocycles. The van der Waals surface area contributed by atoms with Gasteiger partial charge in [-0.1, -0.05) is 359 Å². The van der Waals surface area contributed by atoms with Crippen LogP contribution in [0.3, 0.4) is 0 Å². The molecule has 0 saturated carbocycles. The van der Waals surface area contributed by atoms with Crippen LogP contribution in [-0.4, -0.2) is 47.4 Å². The lowest BCUT2D eigenvalue weighted by Crippen LogP contribution is -2.45. The summed E-state index contributed by atoms with van der Waals surface area (Å²) in [7, 11) is 0. The highest BCUT2D eigenvalue weighted by atomic mass is 16.5. The van der Waals surface area contributed by atoms with Gasteiger partial charge in [-0.05, 0) is 51.4 Å². The van der Waals surface area contributed by atoms with Gasteiger partial charge in [0.25, 0.3) is 0 Å². The van der Waals surface area contributed by atoms with Crippen molar-refractivity contribution in [2.45, 2.75) is 411 Å². The molecular formula is C72H139NO5. The molecule has 462 valence electrons. The van der Waals surface area contributed by atoms with Gasteiger partial charge in [0.05, 0.1) is 25.4 Å². The Kier molecular flexibility index (Phi) is 66.4. The molecule has 0 saturated heterocycles. The quantitative estimate of drug-likeness (QED) is 0.0320. The molecule has 3 N–H and O–H groups in total. The van der Waals surface area contributed by atoms with E-state index in [0.29, 0.717) is 25.9 Å². The maximum atomic E-state index is 12.6. The largest absolute Gasteiger partial charge is 0.466 e. The molecule has 0 rings (SSSR count). The van der Waals surface area contributed by atoms with Crippen molar-refractivity contribution in [3.8, 4) is 0 Å². The minimum atomic E-state index is -0.664. The van der Waals surface area contributed by atoms with Crippen LogP contribution in [-0.2, 0) is 14.3 Å². The second-order valence-electron chi connectivity index (χ2n) is 24.6. The lowest BCUT2D eigenvalue weighted by molar-refractivity contribution is -0.143. The molecule has 0 aromatic heterocycles. The van der Waals surface area contributed by atoms with E-state index in [9.17, 15) is 19.8 Å². The number of aliphatic hydroxyl groups excluding tert-OH is 2. The molecule has 2 unspecified atom stereocenters. The SMILES string of the molecule is CCC/C=C\C/C=C\CCCCCCCC(=O)OCCCCCCCCCCCCCCCCCCCCCCCCCCCC(=O)NC(CO)C(O)CCCCCCCCCCCCCCCCCCCCCCCCC. The average molecular weight is 1100 g/mol. The summed E-state index contributed by atoms with van der Waals surface area (Å²) in [6, 6.07) is -0.541. The lowest BCUT2D eigenvalue weighted by atomic mass is 10.0. The fourth-order valence-electron chi connectivity index (χ4n) is 11.3. The van der Waals surface area contributed by atoms with Gasteiger partial charge in [0, 0.05) is 12.8 Å². The van der Waals surface area contributed by atoms with Crippen LogP contribution >= 0.6 is 0 Å². The fourth-order valence-corrected chi connectivity index (χ4v) is 11.3. The van der Waals surface area contributed by atoms with E-state index in [0.717, 1.165) is 51.4 Å². The van der Waals surface area contributed by atoms with E-state index in [-0.39, 0.29) is 18.5 Å². The van der Waals surface area contributed by atoms with Gasteiger partial charge in [-0.25, -0.2) is 0 Å². The monoisotopic (exact) mass is 1100 g/mol. The number of esters is 1. The molecular weight excluding hydrogens is 959 g/mol. The number of ether oxygens (including phenoxy) is 1. The van der Waals surface area contributed by atoms with Crippen LogP contribution in [0, 0.1) is 0 Å². The number of allylic oxidation sites excluding steroid dienone is 4. The highest BCUT2D eigenvalue weighted by Gasteiger charge is 2.20. The molecule has 1 amide bonds. The number of rotatable bonds is 67. The number of nitrogens with one attached hydrogen (secondary N) is 1. The molecule has 2 atom stereocenters. The molecule has 0 heterocycles. The van der Waals surface area contributed by atoms with Crippen molar-refractivity contribution < 1.29 is 24.5 Å². The summed E-state index contributed by atoms with van der Waals surface area (Å²) < 4.78 is 5.48. The lowest BCUT2D eigenvalue weighted by Gasteiger charge is -2.22. The Morgan fingerprint density at radius 3 is 1.03 bits per heavy atom. The van der Waals surface area contributed by atoms with Crippen molar-refractivity contribution in [2.75, 3.05) is 13.2 Å². The molecule has 78 heavy (non-hydrogen) atoms. The Balaban J connectivity index is 3.37. The predicted octanol–water partition coefficient (Wildman–Crippen LogP) is 22.9. The third-order valence-electron chi connectivity index (χ3n) is 16.7. The fraction of sp³-hybridized carbons (Fsp3) is 0.917. The first-order valence-corrected chi connectivity index (χ1v) is 35.6. The van der Waals surface area contributed by atoms with Crippen LogP contribution in [0.2, 0.25) is 0 Å². The Hall–Kier alpha value is -1.66. The van der Waals surface area contributed by atoms with Crippen LogP contribution in [0.15, 0.2) is 24.3 Å². The molecule has 0 fully saturated rings. The smallest absolute Gasteiger partial charge is 0.305 e. The van der Waals surface area contributed by atoms with E-state index in [1.165, 1.54) is 315 Å². The number of aliphatic hydroxyl groups is 2. The van der Waals surface area contributed by atoms with Crippen LogP contribution in [0.5, 0.6) is 0 Å². The Morgan fingerprint density at radius 1 is 0.359 bits per heavy atom. The minimum Gasteiger partial charge on any atom is -0.466 e. The summed E-state index contributed by atoms with van der Waals surface area (Å²) in [5, 5.41) is 23.4. The van der Waals surface area contributed by atoms with Crippen LogP contribution in [0.25, 0.3) is 0 Å². The molecule has 0 bridgehead atoms. The van der Waals surface area contributed by atoms with Gasteiger partial charge in [-0.3, -0.25) is 9.59 Å². The number of amides is 1. The summed E-state index contributed by atoms with van der Waals surface area (Å²) >= 11 is 0. The number of hydrogen-bond donors (Lipinski definition) is 3. The van der Waals surface area contributed by atoms with Crippen LogP contribution in [0.4, 0.5) is 0 Å². The predicted molar refractivity (Wildman–Crippen MR) is 343 cm³/mol. The summed E-state index contributed by atoms with van der Waals surface area (Å²) in [4.78, 5) is 24.6. The van der Waals surface area contributed by atoms with Gasteiger partial charge in [0.15, 0.2) is 0 Å². The Bertz CT molecular complexity index is 1220. The average Bonchev–Trinajstić information content (AvgIpc) is 3.44. The number of hydrogen-bond acceptors (Lipinski definition) is 5. The zero-order valence-corrected chi connectivity index (χ0v) is 52.9. The number of carbonyl (C=O) groups is 2. The minimum absolute atomic E-state index is 0.00186. The van der Waals surface area contributed by atoms with E-state index in [1.54, 1.807) is 0 Å². The first-order valence-electron chi connectivity index (χ1n) is 35.6. The second kappa shape index (κ2) is 67.8. The normalized spacial score (nSPS) is 12.6. The highest BCUT2D eigenvalue weighted by Crippen LogP contribution is 2.19. The van der Waals surface area contributed by atoms with E-state index in [2.05, 4.69) is 43.5 Å². The summed E-state index contributed by atoms with van der Waals surface area (Å²) in [6.45, 7) is 4.92. The highest BCUT2D eigenvalue weighted by molar-refractivity contribution is 5.76. The van der Waals surface area contributed by atoms with Gasteiger partial charge >= 0.3 is 5.97 Å². The van der Waals surface area contributed by atoms with Crippen molar-refractivity contribution in [1.82, 2.24) is 5.32 Å². The zero-order chi connectivity index (χ0) is 56.4. The zero-order valence-electron chi connectivity index (χ0n) is 52.9. The maximum absolute atomic E-state index is 12.6. The van der Waals surface area contributed by atoms with Gasteiger partial charge in [0.1, 0.15) is 0 Å². The molecule has 0 aliphatic carbocycles.